The average Bonchev–Trinajstić information content (AvgIpc) is 2.67. The van der Waals surface area contributed by atoms with Crippen LogP contribution in [0.2, 0.25) is 5.15 Å². The van der Waals surface area contributed by atoms with E-state index in [4.69, 9.17) is 11.6 Å². The van der Waals surface area contributed by atoms with E-state index in [0.29, 0.717) is 6.07 Å². The van der Waals surface area contributed by atoms with Crippen molar-refractivity contribution >= 4 is 17.5 Å². The second kappa shape index (κ2) is 8.19. The third-order valence-corrected chi connectivity index (χ3v) is 4.22. The van der Waals surface area contributed by atoms with Gasteiger partial charge in [-0.3, -0.25) is 9.59 Å². The van der Waals surface area contributed by atoms with E-state index in [-0.39, 0.29) is 22.1 Å². The number of rotatable bonds is 4. The molecule has 0 fully saturated rings. The van der Waals surface area contributed by atoms with Crippen LogP contribution in [0.4, 0.5) is 17.6 Å². The van der Waals surface area contributed by atoms with Gasteiger partial charge in [0.05, 0.1) is 23.5 Å². The first-order chi connectivity index (χ1) is 14.1. The maximum Gasteiger partial charge on any atom is 0.419 e. The molecule has 12 heteroatoms. The Morgan fingerprint density at radius 1 is 1.23 bits per heavy atom. The molecule has 7 nitrogen and oxygen atoms in total. The Labute approximate surface area is 171 Å². The zero-order valence-electron chi connectivity index (χ0n) is 15.1. The van der Waals surface area contributed by atoms with Gasteiger partial charge in [0.15, 0.2) is 5.15 Å². The number of hydrogen-bond donors (Lipinski definition) is 1. The lowest BCUT2D eigenvalue weighted by Crippen LogP contribution is -2.31. The van der Waals surface area contributed by atoms with Gasteiger partial charge in [-0.15, -0.1) is 5.10 Å². The lowest BCUT2D eigenvalue weighted by molar-refractivity contribution is -0.140. The standard InChI is InChI=1S/C18H12ClF4N5O2/c1-9(11-3-2-4-12(16(11)20)18(21,22)23)25-17(30)13-5-6-15(29)28(27-13)10-7-14(19)26-24-8-10/h2-9H,1H3,(H,25,30)/t9-/m1/s1. The Kier molecular flexibility index (Phi) is 5.83. The molecule has 3 rings (SSSR count). The Morgan fingerprint density at radius 3 is 2.63 bits per heavy atom. The molecule has 2 heterocycles. The molecule has 0 unspecified atom stereocenters. The number of aromatic nitrogens is 4. The van der Waals surface area contributed by atoms with Crippen molar-refractivity contribution in [2.45, 2.75) is 19.1 Å². The van der Waals surface area contributed by atoms with E-state index in [1.807, 2.05) is 0 Å². The number of carbonyl (C=O) groups is 1. The lowest BCUT2D eigenvalue weighted by Gasteiger charge is -2.17. The van der Waals surface area contributed by atoms with Crippen molar-refractivity contribution in [1.29, 1.82) is 0 Å². The first kappa shape index (κ1) is 21.4. The second-order valence-corrected chi connectivity index (χ2v) is 6.49. The highest BCUT2D eigenvalue weighted by Crippen LogP contribution is 2.33. The van der Waals surface area contributed by atoms with Crippen LogP contribution in [0.25, 0.3) is 5.69 Å². The third kappa shape index (κ3) is 4.46. The molecule has 0 aliphatic carbocycles. The van der Waals surface area contributed by atoms with Crippen LogP contribution in [0.3, 0.4) is 0 Å². The van der Waals surface area contributed by atoms with E-state index in [0.717, 1.165) is 28.9 Å². The Morgan fingerprint density at radius 2 is 1.97 bits per heavy atom. The minimum absolute atomic E-state index is 0.00954. The number of benzene rings is 1. The number of nitrogens with one attached hydrogen (secondary N) is 1. The summed E-state index contributed by atoms with van der Waals surface area (Å²) < 4.78 is 53.9. The zero-order valence-corrected chi connectivity index (χ0v) is 15.9. The Balaban J connectivity index is 1.88. The van der Waals surface area contributed by atoms with Crippen LogP contribution >= 0.6 is 11.6 Å². The number of hydrogen-bond acceptors (Lipinski definition) is 5. The molecule has 0 saturated heterocycles. The number of alkyl halides is 3. The van der Waals surface area contributed by atoms with Gasteiger partial charge in [-0.1, -0.05) is 23.7 Å². The molecule has 1 aromatic carbocycles. The van der Waals surface area contributed by atoms with E-state index >= 15 is 0 Å². The fraction of sp³-hybridized carbons (Fsp3) is 0.167. The summed E-state index contributed by atoms with van der Waals surface area (Å²) in [6.07, 6.45) is -3.68. The van der Waals surface area contributed by atoms with Gasteiger partial charge in [0, 0.05) is 17.7 Å². The highest BCUT2D eigenvalue weighted by molar-refractivity contribution is 6.29. The van der Waals surface area contributed by atoms with E-state index in [2.05, 4.69) is 20.6 Å². The molecule has 1 atom stereocenters. The van der Waals surface area contributed by atoms with Crippen molar-refractivity contribution in [3.63, 3.8) is 0 Å². The fourth-order valence-corrected chi connectivity index (χ4v) is 2.77. The van der Waals surface area contributed by atoms with E-state index < -0.39 is 35.1 Å². The van der Waals surface area contributed by atoms with Gasteiger partial charge < -0.3 is 5.32 Å². The molecule has 0 spiro atoms. The van der Waals surface area contributed by atoms with Crippen molar-refractivity contribution in [2.24, 2.45) is 0 Å². The van der Waals surface area contributed by atoms with Crippen molar-refractivity contribution in [3.8, 4) is 5.69 Å². The molecule has 0 aliphatic heterocycles. The van der Waals surface area contributed by atoms with Gasteiger partial charge in [0.25, 0.3) is 11.5 Å². The quantitative estimate of drug-likeness (QED) is 0.627. The number of halogens is 5. The zero-order chi connectivity index (χ0) is 22.1. The highest BCUT2D eigenvalue weighted by Gasteiger charge is 2.35. The molecule has 1 amide bonds. The van der Waals surface area contributed by atoms with Gasteiger partial charge in [-0.25, -0.2) is 4.39 Å². The summed E-state index contributed by atoms with van der Waals surface area (Å²) >= 11 is 5.73. The smallest absolute Gasteiger partial charge is 0.344 e. The molecular formula is C18H12ClF4N5O2. The van der Waals surface area contributed by atoms with Crippen LogP contribution in [0, 0.1) is 5.82 Å². The summed E-state index contributed by atoms with van der Waals surface area (Å²) in [6, 6.07) is 5.16. The minimum atomic E-state index is -4.87. The summed E-state index contributed by atoms with van der Waals surface area (Å²) in [5.74, 6) is -2.31. The van der Waals surface area contributed by atoms with Crippen molar-refractivity contribution in [1.82, 2.24) is 25.3 Å². The average molecular weight is 442 g/mol. The fourth-order valence-electron chi connectivity index (χ4n) is 2.62. The van der Waals surface area contributed by atoms with Crippen molar-refractivity contribution in [3.05, 3.63) is 80.7 Å². The Hall–Kier alpha value is -3.34. The minimum Gasteiger partial charge on any atom is -0.344 e. The SMILES string of the molecule is C[C@@H](NC(=O)c1ccc(=O)n(-c2cnnc(Cl)c2)n1)c1cccc(C(F)(F)F)c1F. The second-order valence-electron chi connectivity index (χ2n) is 6.11. The van der Waals surface area contributed by atoms with Crippen molar-refractivity contribution < 1.29 is 22.4 Å². The van der Waals surface area contributed by atoms with Gasteiger partial charge >= 0.3 is 6.18 Å². The molecule has 0 aliphatic rings. The van der Waals surface area contributed by atoms with Gasteiger partial charge in [0.1, 0.15) is 11.5 Å². The van der Waals surface area contributed by atoms with Gasteiger partial charge in [0.2, 0.25) is 0 Å². The first-order valence-corrected chi connectivity index (χ1v) is 8.71. The molecular weight excluding hydrogens is 430 g/mol. The van der Waals surface area contributed by atoms with Gasteiger partial charge in [-0.2, -0.15) is 28.1 Å². The van der Waals surface area contributed by atoms with Crippen LogP contribution in [-0.4, -0.2) is 25.9 Å². The molecule has 2 aromatic heterocycles. The van der Waals surface area contributed by atoms with Gasteiger partial charge in [-0.05, 0) is 19.1 Å². The van der Waals surface area contributed by atoms with E-state index in [1.54, 1.807) is 0 Å². The predicted molar refractivity (Wildman–Crippen MR) is 97.7 cm³/mol. The maximum absolute atomic E-state index is 14.3. The lowest BCUT2D eigenvalue weighted by atomic mass is 10.0. The van der Waals surface area contributed by atoms with Crippen LogP contribution in [-0.2, 0) is 6.18 Å². The van der Waals surface area contributed by atoms with Crippen LogP contribution in [0.15, 0.2) is 47.4 Å². The third-order valence-electron chi connectivity index (χ3n) is 4.04. The molecule has 156 valence electrons. The van der Waals surface area contributed by atoms with E-state index in [9.17, 15) is 27.2 Å². The summed E-state index contributed by atoms with van der Waals surface area (Å²) in [5.41, 5.74) is -2.47. The normalized spacial score (nSPS) is 12.5. The predicted octanol–water partition coefficient (Wildman–Crippen LogP) is 3.32. The molecule has 1 N–H and O–H groups in total. The summed E-state index contributed by atoms with van der Waals surface area (Å²) in [5, 5.41) is 13.4. The van der Waals surface area contributed by atoms with Crippen LogP contribution in [0.1, 0.15) is 34.6 Å². The summed E-state index contributed by atoms with van der Waals surface area (Å²) in [6.45, 7) is 1.32. The molecule has 30 heavy (non-hydrogen) atoms. The van der Waals surface area contributed by atoms with Crippen molar-refractivity contribution in [2.75, 3.05) is 0 Å². The maximum atomic E-state index is 14.3. The highest BCUT2D eigenvalue weighted by atomic mass is 35.5. The molecule has 0 bridgehead atoms. The van der Waals surface area contributed by atoms with E-state index in [1.165, 1.54) is 19.2 Å². The van der Waals surface area contributed by atoms with Crippen LogP contribution < -0.4 is 10.9 Å². The summed E-state index contributed by atoms with van der Waals surface area (Å²) in [4.78, 5) is 24.5. The molecule has 0 radical (unpaired) electrons. The van der Waals surface area contributed by atoms with Crippen LogP contribution in [0.5, 0.6) is 0 Å². The largest absolute Gasteiger partial charge is 0.419 e. The summed E-state index contributed by atoms with van der Waals surface area (Å²) in [7, 11) is 0. The topological polar surface area (TPSA) is 89.8 Å². The number of nitrogens with zero attached hydrogens (tertiary/aromatic N) is 4. The Bertz CT molecular complexity index is 1170. The molecule has 0 saturated carbocycles. The molecule has 3 aromatic rings. The number of carbonyl (C=O) groups excluding carboxylic acids is 1. The first-order valence-electron chi connectivity index (χ1n) is 8.33. The monoisotopic (exact) mass is 441 g/mol. The number of amides is 1.